The highest BCUT2D eigenvalue weighted by molar-refractivity contribution is 6.08. The first kappa shape index (κ1) is 10.8. The third-order valence-electron chi connectivity index (χ3n) is 3.05. The molecule has 0 spiro atoms. The molecule has 1 amide bonds. The molecule has 1 N–H and O–H groups in total. The van der Waals surface area contributed by atoms with Crippen molar-refractivity contribution in [3.63, 3.8) is 0 Å². The molecular weight excluding hydrogens is 208 g/mol. The minimum atomic E-state index is -0.935. The molecule has 0 aliphatic carbocycles. The molecule has 1 aromatic rings. The Morgan fingerprint density at radius 1 is 1.25 bits per heavy atom. The summed E-state index contributed by atoms with van der Waals surface area (Å²) >= 11 is 0. The fraction of sp³-hybridized carbons (Fsp3) is 0.500. The lowest BCUT2D eigenvalue weighted by molar-refractivity contribution is -0.115. The van der Waals surface area contributed by atoms with Crippen molar-refractivity contribution in [1.82, 2.24) is 14.8 Å². The van der Waals surface area contributed by atoms with Crippen LogP contribution in [0.2, 0.25) is 0 Å². The quantitative estimate of drug-likeness (QED) is 0.733. The molecule has 6 heteroatoms. The van der Waals surface area contributed by atoms with Crippen molar-refractivity contribution < 1.29 is 9.90 Å². The van der Waals surface area contributed by atoms with Gasteiger partial charge in [0.25, 0.3) is 5.91 Å². The van der Waals surface area contributed by atoms with Crippen LogP contribution in [0.3, 0.4) is 0 Å². The first-order valence-electron chi connectivity index (χ1n) is 5.00. The van der Waals surface area contributed by atoms with E-state index in [1.165, 1.54) is 4.90 Å². The van der Waals surface area contributed by atoms with E-state index in [4.69, 9.17) is 0 Å². The fourth-order valence-corrected chi connectivity index (χ4v) is 1.65. The highest BCUT2D eigenvalue weighted by Gasteiger charge is 2.37. The average Bonchev–Trinajstić information content (AvgIpc) is 2.66. The van der Waals surface area contributed by atoms with Gasteiger partial charge < -0.3 is 9.67 Å². The molecule has 1 atom stereocenters. The van der Waals surface area contributed by atoms with Crippen molar-refractivity contribution in [3.8, 4) is 0 Å². The van der Waals surface area contributed by atoms with Gasteiger partial charge in [-0.25, -0.2) is 4.90 Å². The molecule has 1 aliphatic heterocycles. The van der Waals surface area contributed by atoms with E-state index < -0.39 is 6.23 Å². The number of carbonyl (C=O) groups is 1. The summed E-state index contributed by atoms with van der Waals surface area (Å²) in [5.74, 6) is 0.837. The van der Waals surface area contributed by atoms with Crippen LogP contribution in [0.1, 0.15) is 19.7 Å². The van der Waals surface area contributed by atoms with E-state index >= 15 is 0 Å². The first-order valence-corrected chi connectivity index (χ1v) is 5.00. The van der Waals surface area contributed by atoms with E-state index in [1.54, 1.807) is 32.4 Å². The normalized spacial score (nSPS) is 21.2. The minimum absolute atomic E-state index is 0.222. The van der Waals surface area contributed by atoms with Gasteiger partial charge in [-0.3, -0.25) is 4.79 Å². The van der Waals surface area contributed by atoms with Crippen molar-refractivity contribution in [2.45, 2.75) is 27.0 Å². The van der Waals surface area contributed by atoms with E-state index in [-0.39, 0.29) is 5.91 Å². The standard InChI is InChI=1S/C10H14N4O2/c1-5-6(2)9(16)14(8(5)15)10-12-11-7(3)13(10)4/h8,15H,1-4H3. The summed E-state index contributed by atoms with van der Waals surface area (Å²) < 4.78 is 1.67. The summed E-state index contributed by atoms with van der Waals surface area (Å²) in [6, 6.07) is 0. The Morgan fingerprint density at radius 3 is 2.25 bits per heavy atom. The molecular formula is C10H14N4O2. The van der Waals surface area contributed by atoms with Crippen LogP contribution in [0.4, 0.5) is 5.95 Å². The number of aryl methyl sites for hydroxylation is 1. The van der Waals surface area contributed by atoms with E-state index in [9.17, 15) is 9.90 Å². The highest BCUT2D eigenvalue weighted by Crippen LogP contribution is 2.27. The van der Waals surface area contributed by atoms with Gasteiger partial charge in [-0.2, -0.15) is 0 Å². The van der Waals surface area contributed by atoms with E-state index in [1.807, 2.05) is 0 Å². The van der Waals surface area contributed by atoms with Gasteiger partial charge in [0.05, 0.1) is 0 Å². The summed E-state index contributed by atoms with van der Waals surface area (Å²) in [7, 11) is 1.76. The number of aliphatic hydroxyl groups is 1. The van der Waals surface area contributed by atoms with E-state index in [2.05, 4.69) is 10.2 Å². The number of amides is 1. The summed E-state index contributed by atoms with van der Waals surface area (Å²) in [5.41, 5.74) is 1.22. The molecule has 86 valence electrons. The van der Waals surface area contributed by atoms with Gasteiger partial charge in [0, 0.05) is 12.6 Å². The molecule has 0 radical (unpaired) electrons. The molecule has 16 heavy (non-hydrogen) atoms. The Morgan fingerprint density at radius 2 is 1.88 bits per heavy atom. The Labute approximate surface area is 93.2 Å². The monoisotopic (exact) mass is 222 g/mol. The predicted molar refractivity (Wildman–Crippen MR) is 57.6 cm³/mol. The Hall–Kier alpha value is -1.69. The second kappa shape index (κ2) is 3.41. The van der Waals surface area contributed by atoms with Gasteiger partial charge in [-0.1, -0.05) is 0 Å². The van der Waals surface area contributed by atoms with Gasteiger partial charge in [-0.05, 0) is 26.3 Å². The molecule has 1 aliphatic rings. The maximum Gasteiger partial charge on any atom is 0.258 e. The molecule has 0 aromatic carbocycles. The first-order chi connectivity index (χ1) is 7.45. The number of anilines is 1. The van der Waals surface area contributed by atoms with Crippen LogP contribution in [-0.2, 0) is 11.8 Å². The van der Waals surface area contributed by atoms with Crippen LogP contribution in [0, 0.1) is 6.92 Å². The van der Waals surface area contributed by atoms with Crippen LogP contribution >= 0.6 is 0 Å². The topological polar surface area (TPSA) is 71.2 Å². The predicted octanol–water partition coefficient (Wildman–Crippen LogP) is 0.125. The SMILES string of the molecule is CC1=C(C)C(O)N(c2nnc(C)n2C)C1=O. The molecule has 2 heterocycles. The van der Waals surface area contributed by atoms with Gasteiger partial charge in [-0.15, -0.1) is 10.2 Å². The Bertz CT molecular complexity index is 489. The number of nitrogens with zero attached hydrogens (tertiary/aromatic N) is 4. The van der Waals surface area contributed by atoms with Crippen LogP contribution in [0.5, 0.6) is 0 Å². The van der Waals surface area contributed by atoms with Crippen LogP contribution in [-0.4, -0.2) is 32.0 Å². The second-order valence-corrected chi connectivity index (χ2v) is 3.96. The van der Waals surface area contributed by atoms with Crippen LogP contribution in [0.25, 0.3) is 0 Å². The zero-order valence-electron chi connectivity index (χ0n) is 9.72. The average molecular weight is 222 g/mol. The number of hydrogen-bond acceptors (Lipinski definition) is 4. The fourth-order valence-electron chi connectivity index (χ4n) is 1.65. The van der Waals surface area contributed by atoms with Gasteiger partial charge >= 0.3 is 0 Å². The molecule has 0 fully saturated rings. The highest BCUT2D eigenvalue weighted by atomic mass is 16.3. The summed E-state index contributed by atoms with van der Waals surface area (Å²) in [4.78, 5) is 13.2. The van der Waals surface area contributed by atoms with Crippen molar-refractivity contribution >= 4 is 11.9 Å². The molecule has 0 saturated carbocycles. The van der Waals surface area contributed by atoms with E-state index in [0.29, 0.717) is 22.9 Å². The maximum absolute atomic E-state index is 11.9. The molecule has 6 nitrogen and oxygen atoms in total. The Balaban J connectivity index is 2.46. The number of carbonyl (C=O) groups excluding carboxylic acids is 1. The lowest BCUT2D eigenvalue weighted by Crippen LogP contribution is -2.37. The van der Waals surface area contributed by atoms with Gasteiger partial charge in [0.2, 0.25) is 5.95 Å². The third-order valence-corrected chi connectivity index (χ3v) is 3.05. The zero-order valence-corrected chi connectivity index (χ0v) is 9.72. The molecule has 1 aromatic heterocycles. The third kappa shape index (κ3) is 1.26. The lowest BCUT2D eigenvalue weighted by Gasteiger charge is -2.20. The van der Waals surface area contributed by atoms with Gasteiger partial charge in [0.15, 0.2) is 6.23 Å². The molecule has 1 unspecified atom stereocenters. The number of rotatable bonds is 1. The summed E-state index contributed by atoms with van der Waals surface area (Å²) in [5, 5.41) is 17.7. The second-order valence-electron chi connectivity index (χ2n) is 3.96. The number of hydrogen-bond donors (Lipinski definition) is 1. The molecule has 0 saturated heterocycles. The van der Waals surface area contributed by atoms with Crippen molar-refractivity contribution in [3.05, 3.63) is 17.0 Å². The largest absolute Gasteiger partial charge is 0.369 e. The molecule has 0 bridgehead atoms. The summed E-state index contributed by atoms with van der Waals surface area (Å²) in [6.07, 6.45) is -0.935. The van der Waals surface area contributed by atoms with Crippen molar-refractivity contribution in [1.29, 1.82) is 0 Å². The zero-order chi connectivity index (χ0) is 12.0. The number of aromatic nitrogens is 3. The lowest BCUT2D eigenvalue weighted by atomic mass is 10.2. The molecule has 2 rings (SSSR count). The smallest absolute Gasteiger partial charge is 0.258 e. The number of aliphatic hydroxyl groups excluding tert-OH is 1. The Kier molecular flexibility index (Phi) is 2.31. The maximum atomic E-state index is 11.9. The summed E-state index contributed by atoms with van der Waals surface area (Å²) in [6.45, 7) is 5.22. The van der Waals surface area contributed by atoms with E-state index in [0.717, 1.165) is 0 Å². The van der Waals surface area contributed by atoms with Crippen LogP contribution < -0.4 is 4.90 Å². The van der Waals surface area contributed by atoms with Gasteiger partial charge in [0.1, 0.15) is 5.82 Å². The van der Waals surface area contributed by atoms with Crippen molar-refractivity contribution in [2.24, 2.45) is 7.05 Å². The minimum Gasteiger partial charge on any atom is -0.369 e. The van der Waals surface area contributed by atoms with Crippen LogP contribution in [0.15, 0.2) is 11.1 Å². The van der Waals surface area contributed by atoms with Crippen molar-refractivity contribution in [2.75, 3.05) is 4.90 Å².